The third-order valence-corrected chi connectivity index (χ3v) is 7.90. The Morgan fingerprint density at radius 2 is 1.59 bits per heavy atom. The Morgan fingerprint density at radius 3 is 2.17 bits per heavy atom. The van der Waals surface area contributed by atoms with E-state index in [4.69, 9.17) is 10.5 Å². The molecule has 232 valence electrons. The molecule has 13 nitrogen and oxygen atoms in total. The highest BCUT2D eigenvalue weighted by Crippen LogP contribution is 2.26. The van der Waals surface area contributed by atoms with Crippen molar-refractivity contribution in [1.29, 1.82) is 0 Å². The third kappa shape index (κ3) is 9.11. The van der Waals surface area contributed by atoms with Crippen LogP contribution < -0.4 is 21.7 Å². The highest BCUT2D eigenvalue weighted by atomic mass is 16.5. The molecule has 3 saturated heterocycles. The number of rotatable bonds is 13. The molecule has 6 N–H and O–H groups in total. The van der Waals surface area contributed by atoms with Crippen LogP contribution in [0.3, 0.4) is 0 Å². The lowest BCUT2D eigenvalue weighted by atomic mass is 10.1. The zero-order chi connectivity index (χ0) is 30.2. The van der Waals surface area contributed by atoms with Crippen molar-refractivity contribution in [3.05, 3.63) is 0 Å². The van der Waals surface area contributed by atoms with Crippen LogP contribution >= 0.6 is 0 Å². The molecule has 13 heteroatoms. The Morgan fingerprint density at radius 1 is 0.927 bits per heavy atom. The van der Waals surface area contributed by atoms with E-state index < -0.39 is 47.6 Å². The quantitative estimate of drug-likeness (QED) is 0.183. The number of carbonyl (C=O) groups is 5. The van der Waals surface area contributed by atoms with Gasteiger partial charge in [0.15, 0.2) is 0 Å². The highest BCUT2D eigenvalue weighted by Gasteiger charge is 2.44. The number of nitrogens with zero attached hydrogens (tertiary/aromatic N) is 2. The van der Waals surface area contributed by atoms with Crippen LogP contribution in [0, 0.1) is 0 Å². The third-order valence-electron chi connectivity index (χ3n) is 7.90. The largest absolute Gasteiger partial charge is 0.480 e. The van der Waals surface area contributed by atoms with Crippen LogP contribution in [0.4, 0.5) is 0 Å². The number of aliphatic carboxylic acids is 1. The van der Waals surface area contributed by atoms with Crippen LogP contribution in [-0.2, 0) is 28.7 Å². The fraction of sp³-hybridized carbons (Fsp3) is 0.821. The number of carboxylic acids is 1. The molecule has 0 saturated carbocycles. The summed E-state index contributed by atoms with van der Waals surface area (Å²) in [5.74, 6) is -2.65. The molecule has 0 aromatic carbocycles. The van der Waals surface area contributed by atoms with Gasteiger partial charge in [0.1, 0.15) is 24.2 Å². The number of unbranched alkanes of at least 4 members (excludes halogenated alkanes) is 1. The van der Waals surface area contributed by atoms with Crippen molar-refractivity contribution in [2.45, 2.75) is 114 Å². The number of amides is 4. The van der Waals surface area contributed by atoms with Crippen molar-refractivity contribution in [3.63, 3.8) is 0 Å². The molecule has 0 spiro atoms. The molecule has 0 aliphatic carbocycles. The summed E-state index contributed by atoms with van der Waals surface area (Å²) in [6.45, 7) is 7.35. The molecular formula is C28H48N6O7. The van der Waals surface area contributed by atoms with Crippen LogP contribution in [0.5, 0.6) is 0 Å². The Bertz CT molecular complexity index is 949. The Labute approximate surface area is 242 Å². The van der Waals surface area contributed by atoms with Gasteiger partial charge in [0, 0.05) is 13.1 Å². The highest BCUT2D eigenvalue weighted by molar-refractivity contribution is 5.96. The first-order valence-corrected chi connectivity index (χ1v) is 14.9. The van der Waals surface area contributed by atoms with Gasteiger partial charge in [0.2, 0.25) is 23.6 Å². The van der Waals surface area contributed by atoms with Crippen molar-refractivity contribution in [2.75, 3.05) is 32.8 Å². The van der Waals surface area contributed by atoms with E-state index in [0.29, 0.717) is 51.7 Å². The SMILES string of the molecule is CC(C)(C)OC[C@H](NC(=O)[C@@H]1CCCN1C(=O)[C@@H]1CCCN1C(=O)[C@@H]1CCCN1)C(=O)N[C@@H](CCCCN)C(=O)O. The summed E-state index contributed by atoms with van der Waals surface area (Å²) in [5.41, 5.74) is 4.90. The molecule has 0 radical (unpaired) electrons. The van der Waals surface area contributed by atoms with Gasteiger partial charge < -0.3 is 41.3 Å². The van der Waals surface area contributed by atoms with Crippen molar-refractivity contribution in [1.82, 2.24) is 25.8 Å². The summed E-state index contributed by atoms with van der Waals surface area (Å²) in [5, 5.41) is 18.1. The second kappa shape index (κ2) is 14.9. The summed E-state index contributed by atoms with van der Waals surface area (Å²) < 4.78 is 5.79. The van der Waals surface area contributed by atoms with Crippen molar-refractivity contribution < 1.29 is 33.8 Å². The van der Waals surface area contributed by atoms with Gasteiger partial charge in [-0.15, -0.1) is 0 Å². The molecular weight excluding hydrogens is 532 g/mol. The number of likely N-dealkylation sites (tertiary alicyclic amines) is 2. The predicted molar refractivity (Wildman–Crippen MR) is 151 cm³/mol. The average Bonchev–Trinajstić information content (AvgIpc) is 3.70. The fourth-order valence-electron chi connectivity index (χ4n) is 5.68. The number of nitrogens with two attached hydrogens (primary N) is 1. The van der Waals surface area contributed by atoms with E-state index in [0.717, 1.165) is 25.8 Å². The van der Waals surface area contributed by atoms with Crippen LogP contribution in [0.25, 0.3) is 0 Å². The summed E-state index contributed by atoms with van der Waals surface area (Å²) >= 11 is 0. The van der Waals surface area contributed by atoms with Gasteiger partial charge in [-0.05, 0) is 91.6 Å². The van der Waals surface area contributed by atoms with Gasteiger partial charge in [0.05, 0.1) is 18.2 Å². The monoisotopic (exact) mass is 580 g/mol. The molecule has 0 bridgehead atoms. The van der Waals surface area contributed by atoms with Gasteiger partial charge in [-0.2, -0.15) is 0 Å². The summed E-state index contributed by atoms with van der Waals surface area (Å²) in [7, 11) is 0. The molecule has 5 atom stereocenters. The van der Waals surface area contributed by atoms with Crippen LogP contribution in [0.15, 0.2) is 0 Å². The van der Waals surface area contributed by atoms with E-state index in [-0.39, 0.29) is 30.9 Å². The lowest BCUT2D eigenvalue weighted by Crippen LogP contribution is -2.58. The van der Waals surface area contributed by atoms with Crippen LogP contribution in [0.2, 0.25) is 0 Å². The number of nitrogens with one attached hydrogen (secondary N) is 3. The van der Waals surface area contributed by atoms with Crippen molar-refractivity contribution >= 4 is 29.6 Å². The molecule has 4 amide bonds. The molecule has 0 aromatic heterocycles. The molecule has 3 aliphatic rings. The minimum absolute atomic E-state index is 0.0611. The van der Waals surface area contributed by atoms with Crippen LogP contribution in [-0.4, -0.2) is 113 Å². The zero-order valence-electron chi connectivity index (χ0n) is 24.7. The summed E-state index contributed by atoms with van der Waals surface area (Å²) in [6.07, 6.45) is 5.35. The fourth-order valence-corrected chi connectivity index (χ4v) is 5.68. The second-order valence-electron chi connectivity index (χ2n) is 12.2. The van der Waals surface area contributed by atoms with E-state index in [9.17, 15) is 29.1 Å². The maximum atomic E-state index is 13.7. The molecule has 0 unspecified atom stereocenters. The topological polar surface area (TPSA) is 183 Å². The smallest absolute Gasteiger partial charge is 0.326 e. The summed E-state index contributed by atoms with van der Waals surface area (Å²) in [4.78, 5) is 68.4. The van der Waals surface area contributed by atoms with Gasteiger partial charge in [-0.3, -0.25) is 19.2 Å². The van der Waals surface area contributed by atoms with Crippen molar-refractivity contribution in [2.24, 2.45) is 5.73 Å². The summed E-state index contributed by atoms with van der Waals surface area (Å²) in [6, 6.07) is -3.96. The van der Waals surface area contributed by atoms with Gasteiger partial charge in [-0.25, -0.2) is 4.79 Å². The Balaban J connectivity index is 1.69. The van der Waals surface area contributed by atoms with E-state index in [1.54, 1.807) is 4.90 Å². The number of carbonyl (C=O) groups excluding carboxylic acids is 4. The number of hydrogen-bond donors (Lipinski definition) is 5. The molecule has 3 fully saturated rings. The number of carboxylic acid groups (broad SMARTS) is 1. The second-order valence-corrected chi connectivity index (χ2v) is 12.2. The van der Waals surface area contributed by atoms with Crippen molar-refractivity contribution in [3.8, 4) is 0 Å². The maximum absolute atomic E-state index is 13.7. The zero-order valence-corrected chi connectivity index (χ0v) is 24.7. The lowest BCUT2D eigenvalue weighted by molar-refractivity contribution is -0.148. The minimum atomic E-state index is -1.17. The molecule has 0 aromatic rings. The predicted octanol–water partition coefficient (Wildman–Crippen LogP) is -0.281. The van der Waals surface area contributed by atoms with E-state index in [1.165, 1.54) is 4.90 Å². The standard InChI is InChI=1S/C28H48N6O7/c1-28(2,3)41-17-20(23(35)31-19(27(39)40)9-4-5-13-29)32-24(36)21-11-7-15-33(21)26(38)22-12-8-16-34(22)25(37)18-10-6-14-30-18/h18-22,30H,4-17,29H2,1-3H3,(H,31,35)(H,32,36)(H,39,40)/t18-,19-,20-,21-,22-/m0/s1. The van der Waals surface area contributed by atoms with E-state index in [2.05, 4.69) is 16.0 Å². The van der Waals surface area contributed by atoms with Gasteiger partial charge >= 0.3 is 5.97 Å². The average molecular weight is 581 g/mol. The molecule has 3 aliphatic heterocycles. The van der Waals surface area contributed by atoms with E-state index in [1.807, 2.05) is 20.8 Å². The molecule has 3 heterocycles. The molecule has 41 heavy (non-hydrogen) atoms. The number of ether oxygens (including phenoxy) is 1. The maximum Gasteiger partial charge on any atom is 0.326 e. The Kier molecular flexibility index (Phi) is 11.9. The first-order valence-electron chi connectivity index (χ1n) is 14.9. The first kappa shape index (κ1) is 32.7. The Hall–Kier alpha value is -2.77. The van der Waals surface area contributed by atoms with Crippen LogP contribution in [0.1, 0.15) is 78.6 Å². The molecule has 3 rings (SSSR count). The van der Waals surface area contributed by atoms with Gasteiger partial charge in [0.25, 0.3) is 0 Å². The lowest BCUT2D eigenvalue weighted by Gasteiger charge is -2.33. The number of hydrogen-bond acceptors (Lipinski definition) is 8. The van der Waals surface area contributed by atoms with Gasteiger partial charge in [-0.1, -0.05) is 0 Å². The minimum Gasteiger partial charge on any atom is -0.480 e. The van der Waals surface area contributed by atoms with E-state index >= 15 is 0 Å². The first-order chi connectivity index (χ1) is 19.4. The normalized spacial score (nSPS) is 24.2.